The van der Waals surface area contributed by atoms with Crippen LogP contribution in [0, 0.1) is 0 Å². The van der Waals surface area contributed by atoms with Crippen molar-refractivity contribution < 1.29 is 14.6 Å². The van der Waals surface area contributed by atoms with Crippen molar-refractivity contribution in [1.29, 1.82) is 0 Å². The summed E-state index contributed by atoms with van der Waals surface area (Å²) < 4.78 is 12.5. The number of ether oxygens (including phenoxy) is 2. The van der Waals surface area contributed by atoms with E-state index in [0.717, 1.165) is 21.2 Å². The van der Waals surface area contributed by atoms with Gasteiger partial charge in [0.15, 0.2) is 11.5 Å². The summed E-state index contributed by atoms with van der Waals surface area (Å²) in [5, 5.41) is 14.3. The van der Waals surface area contributed by atoms with E-state index in [2.05, 4.69) is 21.2 Å². The van der Waals surface area contributed by atoms with Gasteiger partial charge in [-0.15, -0.1) is 0 Å². The molecule has 3 aromatic rings. The molecule has 0 fully saturated rings. The van der Waals surface area contributed by atoms with Crippen LogP contribution in [0.2, 0.25) is 5.02 Å². The fourth-order valence-corrected chi connectivity index (χ4v) is 3.60. The van der Waals surface area contributed by atoms with Gasteiger partial charge in [-0.3, -0.25) is 0 Å². The molecule has 0 aliphatic carbocycles. The highest BCUT2D eigenvalue weighted by Gasteiger charge is 2.16. The maximum absolute atomic E-state index is 10.4. The molecule has 1 unspecified atom stereocenters. The number of hydrogen-bond acceptors (Lipinski definition) is 4. The summed E-state index contributed by atoms with van der Waals surface area (Å²) in [6.07, 6.45) is -0.590. The van der Waals surface area contributed by atoms with Crippen molar-refractivity contribution >= 4 is 27.5 Å². The summed E-state index contributed by atoms with van der Waals surface area (Å²) in [5.41, 5.74) is 2.69. The lowest BCUT2D eigenvalue weighted by atomic mass is 10.1. The first kappa shape index (κ1) is 21.7. The molecule has 3 rings (SSSR count). The van der Waals surface area contributed by atoms with Crippen LogP contribution in [0.1, 0.15) is 22.8 Å². The van der Waals surface area contributed by atoms with Crippen LogP contribution in [-0.2, 0) is 13.2 Å². The van der Waals surface area contributed by atoms with Crippen molar-refractivity contribution in [3.63, 3.8) is 0 Å². The third-order valence-corrected chi connectivity index (χ3v) is 5.65. The Hall–Kier alpha value is -2.05. The number of halogens is 2. The Morgan fingerprint density at radius 2 is 1.76 bits per heavy atom. The Kier molecular flexibility index (Phi) is 7.95. The number of benzene rings is 3. The van der Waals surface area contributed by atoms with Gasteiger partial charge in [-0.1, -0.05) is 76.1 Å². The lowest BCUT2D eigenvalue weighted by molar-refractivity contribution is 0.174. The highest BCUT2D eigenvalue weighted by Crippen LogP contribution is 2.37. The van der Waals surface area contributed by atoms with Gasteiger partial charge >= 0.3 is 0 Å². The third-order valence-electron chi connectivity index (χ3n) is 4.54. The second-order valence-electron chi connectivity index (χ2n) is 6.49. The van der Waals surface area contributed by atoms with Crippen molar-refractivity contribution in [2.45, 2.75) is 19.3 Å². The van der Waals surface area contributed by atoms with E-state index < -0.39 is 6.10 Å². The van der Waals surface area contributed by atoms with Gasteiger partial charge in [0.05, 0.1) is 13.2 Å². The van der Waals surface area contributed by atoms with Crippen LogP contribution in [0.15, 0.2) is 71.2 Å². The number of hydrogen-bond donors (Lipinski definition) is 2. The van der Waals surface area contributed by atoms with Crippen LogP contribution in [0.3, 0.4) is 0 Å². The molecule has 0 heterocycles. The highest BCUT2D eigenvalue weighted by molar-refractivity contribution is 9.10. The van der Waals surface area contributed by atoms with E-state index in [1.165, 1.54) is 0 Å². The van der Waals surface area contributed by atoms with E-state index in [9.17, 15) is 5.11 Å². The Labute approximate surface area is 184 Å². The molecular weight excluding hydrogens is 454 g/mol. The average Bonchev–Trinajstić information content (AvgIpc) is 2.75. The van der Waals surface area contributed by atoms with Gasteiger partial charge in [0.25, 0.3) is 0 Å². The topological polar surface area (TPSA) is 50.7 Å². The Bertz CT molecular complexity index is 937. The van der Waals surface area contributed by atoms with E-state index in [1.54, 1.807) is 7.11 Å². The van der Waals surface area contributed by atoms with Crippen LogP contribution in [0.25, 0.3) is 0 Å². The quantitative estimate of drug-likeness (QED) is 0.427. The maximum atomic E-state index is 10.4. The summed E-state index contributed by atoms with van der Waals surface area (Å²) in [6.45, 7) is 1.24. The molecule has 3 aromatic carbocycles. The molecule has 4 nitrogen and oxygen atoms in total. The largest absolute Gasteiger partial charge is 0.493 e. The second kappa shape index (κ2) is 10.6. The summed E-state index contributed by atoms with van der Waals surface area (Å²) in [6, 6.07) is 20.9. The molecule has 152 valence electrons. The van der Waals surface area contributed by atoms with Crippen LogP contribution in [-0.4, -0.2) is 18.8 Å². The summed E-state index contributed by atoms with van der Waals surface area (Å²) in [5.74, 6) is 1.28. The Morgan fingerprint density at radius 3 is 2.48 bits per heavy atom. The van der Waals surface area contributed by atoms with Gasteiger partial charge in [-0.05, 0) is 23.8 Å². The highest BCUT2D eigenvalue weighted by atomic mass is 79.9. The number of nitrogens with one attached hydrogen (secondary N) is 1. The Morgan fingerprint density at radius 1 is 1.03 bits per heavy atom. The lowest BCUT2D eigenvalue weighted by Gasteiger charge is -2.18. The minimum absolute atomic E-state index is 0.326. The number of aliphatic hydroxyl groups is 1. The van der Waals surface area contributed by atoms with Gasteiger partial charge in [-0.2, -0.15) is 0 Å². The normalized spacial score (nSPS) is 11.9. The van der Waals surface area contributed by atoms with Crippen LogP contribution < -0.4 is 14.8 Å². The molecule has 0 aromatic heterocycles. The van der Waals surface area contributed by atoms with Gasteiger partial charge in [-0.25, -0.2) is 0 Å². The average molecular weight is 477 g/mol. The molecule has 2 N–H and O–H groups in total. The summed E-state index contributed by atoms with van der Waals surface area (Å²) in [4.78, 5) is 0. The molecule has 0 bridgehead atoms. The lowest BCUT2D eigenvalue weighted by Crippen LogP contribution is -2.21. The molecular formula is C23H23BrClNO3. The summed E-state index contributed by atoms with van der Waals surface area (Å²) >= 11 is 9.85. The van der Waals surface area contributed by atoms with Gasteiger partial charge < -0.3 is 19.9 Å². The van der Waals surface area contributed by atoms with Crippen molar-refractivity contribution in [3.05, 3.63) is 92.9 Å². The summed E-state index contributed by atoms with van der Waals surface area (Å²) in [7, 11) is 1.61. The molecule has 29 heavy (non-hydrogen) atoms. The fraction of sp³-hybridized carbons (Fsp3) is 0.217. The molecule has 0 aliphatic rings. The van der Waals surface area contributed by atoms with E-state index in [1.807, 2.05) is 66.7 Å². The molecule has 1 atom stereocenters. The van der Waals surface area contributed by atoms with Crippen molar-refractivity contribution in [2.24, 2.45) is 0 Å². The zero-order valence-electron chi connectivity index (χ0n) is 16.1. The zero-order valence-corrected chi connectivity index (χ0v) is 18.4. The molecule has 0 spiro atoms. The van der Waals surface area contributed by atoms with Crippen molar-refractivity contribution in [1.82, 2.24) is 5.32 Å². The fourth-order valence-electron chi connectivity index (χ4n) is 2.96. The number of aliphatic hydroxyl groups excluding tert-OH is 1. The van der Waals surface area contributed by atoms with Crippen molar-refractivity contribution in [3.8, 4) is 11.5 Å². The van der Waals surface area contributed by atoms with Crippen molar-refractivity contribution in [2.75, 3.05) is 13.7 Å². The standard InChI is InChI=1S/C23H23BrClNO3/c1-28-22-12-11-19(24)18(13-26-14-21(27)16-7-3-2-4-8-16)23(22)29-15-17-9-5-6-10-20(17)25/h2-12,21,26-27H,13-15H2,1H3. The minimum atomic E-state index is -0.590. The predicted molar refractivity (Wildman–Crippen MR) is 120 cm³/mol. The minimum Gasteiger partial charge on any atom is -0.493 e. The first-order valence-electron chi connectivity index (χ1n) is 9.25. The van der Waals surface area contributed by atoms with Gasteiger partial charge in [0, 0.05) is 33.7 Å². The number of methoxy groups -OCH3 is 1. The molecule has 6 heteroatoms. The van der Waals surface area contributed by atoms with Gasteiger partial charge in [0.1, 0.15) is 6.61 Å². The first-order chi connectivity index (χ1) is 14.1. The smallest absolute Gasteiger partial charge is 0.167 e. The molecule has 0 aliphatic heterocycles. The van der Waals surface area contributed by atoms with E-state index in [0.29, 0.717) is 36.2 Å². The van der Waals surface area contributed by atoms with Crippen LogP contribution in [0.4, 0.5) is 0 Å². The van der Waals surface area contributed by atoms with Crippen LogP contribution in [0.5, 0.6) is 11.5 Å². The predicted octanol–water partition coefficient (Wildman–Crippen LogP) is 5.51. The van der Waals surface area contributed by atoms with E-state index in [4.69, 9.17) is 21.1 Å². The first-order valence-corrected chi connectivity index (χ1v) is 10.4. The van der Waals surface area contributed by atoms with E-state index >= 15 is 0 Å². The number of rotatable bonds is 9. The SMILES string of the molecule is COc1ccc(Br)c(CNCC(O)c2ccccc2)c1OCc1ccccc1Cl. The monoisotopic (exact) mass is 475 g/mol. The maximum Gasteiger partial charge on any atom is 0.167 e. The molecule has 0 saturated carbocycles. The third kappa shape index (κ3) is 5.73. The second-order valence-corrected chi connectivity index (χ2v) is 7.76. The zero-order chi connectivity index (χ0) is 20.6. The Balaban J connectivity index is 1.72. The van der Waals surface area contributed by atoms with E-state index in [-0.39, 0.29) is 0 Å². The van der Waals surface area contributed by atoms with Crippen LogP contribution >= 0.6 is 27.5 Å². The molecule has 0 saturated heterocycles. The molecule has 0 amide bonds. The van der Waals surface area contributed by atoms with Gasteiger partial charge in [0.2, 0.25) is 0 Å². The molecule has 0 radical (unpaired) electrons.